The minimum absolute atomic E-state index is 0.0727. The molecular formula is C24H35N3O4S. The van der Waals surface area contributed by atoms with Crippen LogP contribution in [-0.2, 0) is 11.2 Å². The Balaban J connectivity index is 1.44. The van der Waals surface area contributed by atoms with Crippen molar-refractivity contribution in [2.75, 3.05) is 7.05 Å². The fourth-order valence-electron chi connectivity index (χ4n) is 4.97. The molecule has 4 rings (SSSR count). The predicted molar refractivity (Wildman–Crippen MR) is 125 cm³/mol. The summed E-state index contributed by atoms with van der Waals surface area (Å²) in [5, 5.41) is 11.0. The zero-order valence-electron chi connectivity index (χ0n) is 19.8. The maximum absolute atomic E-state index is 12.4. The lowest BCUT2D eigenvalue weighted by atomic mass is 9.92. The van der Waals surface area contributed by atoms with Crippen LogP contribution in [0.4, 0.5) is 4.79 Å². The Morgan fingerprint density at radius 2 is 1.97 bits per heavy atom. The zero-order chi connectivity index (χ0) is 23.0. The van der Waals surface area contributed by atoms with Gasteiger partial charge < -0.3 is 19.5 Å². The molecule has 0 aliphatic heterocycles. The normalized spacial score (nSPS) is 24.2. The van der Waals surface area contributed by atoms with Crippen LogP contribution >= 0.6 is 11.3 Å². The third-order valence-electron chi connectivity index (χ3n) is 6.47. The van der Waals surface area contributed by atoms with Crippen LogP contribution in [0.3, 0.4) is 0 Å². The van der Waals surface area contributed by atoms with Gasteiger partial charge in [0.25, 0.3) is 0 Å². The van der Waals surface area contributed by atoms with E-state index in [0.717, 1.165) is 55.2 Å². The molecule has 0 radical (unpaired) electrons. The first-order valence-electron chi connectivity index (χ1n) is 11.7. The number of hydrogen-bond acceptors (Lipinski definition) is 7. The molecule has 2 aromatic rings. The number of hydrogen-bond donors (Lipinski definition) is 1. The maximum Gasteiger partial charge on any atom is 0.410 e. The van der Waals surface area contributed by atoms with Crippen molar-refractivity contribution in [2.45, 2.75) is 102 Å². The molecule has 1 saturated carbocycles. The number of thiophene rings is 1. The van der Waals surface area contributed by atoms with Crippen LogP contribution in [0, 0.1) is 0 Å². The van der Waals surface area contributed by atoms with Crippen LogP contribution in [-0.4, -0.2) is 57.0 Å². The van der Waals surface area contributed by atoms with Crippen LogP contribution in [0.5, 0.6) is 5.88 Å². The Morgan fingerprint density at radius 1 is 1.25 bits per heavy atom. The number of aromatic nitrogens is 2. The van der Waals surface area contributed by atoms with E-state index in [4.69, 9.17) is 9.47 Å². The van der Waals surface area contributed by atoms with E-state index in [1.54, 1.807) is 22.6 Å². The first kappa shape index (κ1) is 23.2. The van der Waals surface area contributed by atoms with Crippen molar-refractivity contribution in [3.05, 3.63) is 16.8 Å². The van der Waals surface area contributed by atoms with Crippen molar-refractivity contribution < 1.29 is 19.4 Å². The van der Waals surface area contributed by atoms with Gasteiger partial charge >= 0.3 is 6.09 Å². The minimum atomic E-state index is -0.490. The first-order chi connectivity index (χ1) is 15.1. The molecule has 2 heterocycles. The number of carbonyl (C=O) groups is 1. The van der Waals surface area contributed by atoms with E-state index in [2.05, 4.69) is 9.97 Å². The highest BCUT2D eigenvalue weighted by Gasteiger charge is 2.33. The highest BCUT2D eigenvalue weighted by atomic mass is 32.1. The van der Waals surface area contributed by atoms with Gasteiger partial charge in [0.15, 0.2) is 0 Å². The summed E-state index contributed by atoms with van der Waals surface area (Å²) in [5.41, 5.74) is 0.802. The van der Waals surface area contributed by atoms with Crippen molar-refractivity contribution in [3.8, 4) is 5.88 Å². The summed E-state index contributed by atoms with van der Waals surface area (Å²) >= 11 is 1.73. The van der Waals surface area contributed by atoms with Gasteiger partial charge in [-0.3, -0.25) is 0 Å². The second-order valence-electron chi connectivity index (χ2n) is 10.3. The molecular weight excluding hydrogens is 426 g/mol. The molecule has 8 heteroatoms. The number of aliphatic hydroxyl groups is 1. The van der Waals surface area contributed by atoms with Crippen molar-refractivity contribution in [3.63, 3.8) is 0 Å². The first-order valence-corrected chi connectivity index (χ1v) is 12.5. The third-order valence-corrected chi connectivity index (χ3v) is 7.65. The van der Waals surface area contributed by atoms with Gasteiger partial charge in [-0.15, -0.1) is 11.3 Å². The lowest BCUT2D eigenvalue weighted by Gasteiger charge is -2.35. The lowest BCUT2D eigenvalue weighted by molar-refractivity contribution is 0.0137. The number of rotatable bonds is 5. The van der Waals surface area contributed by atoms with Crippen molar-refractivity contribution in [1.82, 2.24) is 14.9 Å². The van der Waals surface area contributed by atoms with Gasteiger partial charge in [-0.05, 0) is 84.1 Å². The summed E-state index contributed by atoms with van der Waals surface area (Å²) in [7, 11) is 1.82. The van der Waals surface area contributed by atoms with Gasteiger partial charge in [0.1, 0.15) is 22.9 Å². The molecule has 2 aromatic heterocycles. The second-order valence-corrected chi connectivity index (χ2v) is 11.3. The average Bonchev–Trinajstić information content (AvgIpc) is 3.26. The van der Waals surface area contributed by atoms with Gasteiger partial charge in [0, 0.05) is 18.0 Å². The number of carbonyl (C=O) groups excluding carboxylic acids is 1. The molecule has 0 aromatic carbocycles. The quantitative estimate of drug-likeness (QED) is 0.671. The van der Waals surface area contributed by atoms with E-state index in [0.29, 0.717) is 11.8 Å². The Bertz CT molecular complexity index is 960. The highest BCUT2D eigenvalue weighted by molar-refractivity contribution is 7.19. The molecule has 2 atom stereocenters. The van der Waals surface area contributed by atoms with E-state index in [-0.39, 0.29) is 24.3 Å². The topological polar surface area (TPSA) is 84.8 Å². The monoisotopic (exact) mass is 461 g/mol. The number of amides is 1. The van der Waals surface area contributed by atoms with E-state index >= 15 is 0 Å². The fourth-order valence-corrected chi connectivity index (χ4v) is 6.20. The van der Waals surface area contributed by atoms with Crippen LogP contribution in [0.1, 0.15) is 82.6 Å². The minimum Gasteiger partial charge on any atom is -0.474 e. The van der Waals surface area contributed by atoms with Crippen molar-refractivity contribution in [2.24, 2.45) is 0 Å². The lowest BCUT2D eigenvalue weighted by Crippen LogP contribution is -2.43. The highest BCUT2D eigenvalue weighted by Crippen LogP contribution is 2.47. The largest absolute Gasteiger partial charge is 0.474 e. The smallest absolute Gasteiger partial charge is 0.410 e. The molecule has 0 saturated heterocycles. The zero-order valence-corrected chi connectivity index (χ0v) is 20.6. The van der Waals surface area contributed by atoms with E-state index < -0.39 is 5.60 Å². The number of aliphatic hydroxyl groups excluding tert-OH is 1. The Labute approximate surface area is 194 Å². The van der Waals surface area contributed by atoms with Crippen LogP contribution in [0.25, 0.3) is 10.2 Å². The van der Waals surface area contributed by atoms with Crippen LogP contribution in [0.15, 0.2) is 6.33 Å². The molecule has 1 N–H and O–H groups in total. The van der Waals surface area contributed by atoms with Gasteiger partial charge in [-0.2, -0.15) is 0 Å². The molecule has 2 aliphatic rings. The molecule has 1 amide bonds. The van der Waals surface area contributed by atoms with E-state index in [1.807, 2.05) is 34.7 Å². The maximum atomic E-state index is 12.4. The van der Waals surface area contributed by atoms with Crippen LogP contribution < -0.4 is 4.74 Å². The molecule has 2 unspecified atom stereocenters. The van der Waals surface area contributed by atoms with Crippen LogP contribution in [0.2, 0.25) is 0 Å². The van der Waals surface area contributed by atoms with E-state index in [1.165, 1.54) is 10.4 Å². The molecule has 32 heavy (non-hydrogen) atoms. The second kappa shape index (κ2) is 9.14. The molecule has 2 aliphatic carbocycles. The molecule has 0 bridgehead atoms. The summed E-state index contributed by atoms with van der Waals surface area (Å²) in [5.74, 6) is 1.01. The standard InChI is InChI=1S/C24H35N3O4S/c1-14(28)12-15-6-11-18-19(15)20-21(25-13-26-22(20)32-18)30-17-9-7-16(8-10-17)27(5)23(29)31-24(2,3)4/h13-17,28H,6-12H2,1-5H3. The van der Waals surface area contributed by atoms with Gasteiger partial charge in [-0.1, -0.05) is 0 Å². The van der Waals surface area contributed by atoms with Crippen molar-refractivity contribution >= 4 is 27.6 Å². The SMILES string of the molecule is CC(O)CC1CCc2sc3ncnc(OC4CCC(N(C)C(=O)OC(C)(C)C)CC4)c3c21. The Morgan fingerprint density at radius 3 is 2.62 bits per heavy atom. The summed E-state index contributed by atoms with van der Waals surface area (Å²) in [6.45, 7) is 7.52. The Hall–Kier alpha value is -1.93. The predicted octanol–water partition coefficient (Wildman–Crippen LogP) is 5.05. The fraction of sp³-hybridized carbons (Fsp3) is 0.708. The number of fused-ring (bicyclic) bond motifs is 3. The van der Waals surface area contributed by atoms with Gasteiger partial charge in [-0.25, -0.2) is 14.8 Å². The molecule has 7 nitrogen and oxygen atoms in total. The van der Waals surface area contributed by atoms with Gasteiger partial charge in [0.05, 0.1) is 11.5 Å². The summed E-state index contributed by atoms with van der Waals surface area (Å²) in [4.78, 5) is 25.5. The number of nitrogens with zero attached hydrogens (tertiary/aromatic N) is 3. The third kappa shape index (κ3) is 5.01. The summed E-state index contributed by atoms with van der Waals surface area (Å²) in [6.07, 6.45) is 7.42. The summed E-state index contributed by atoms with van der Waals surface area (Å²) in [6, 6.07) is 0.163. The Kier molecular flexibility index (Phi) is 6.63. The van der Waals surface area contributed by atoms with Gasteiger partial charge in [0.2, 0.25) is 5.88 Å². The molecule has 0 spiro atoms. The number of ether oxygens (including phenoxy) is 2. The molecule has 176 valence electrons. The molecule has 1 fully saturated rings. The van der Waals surface area contributed by atoms with Crippen molar-refractivity contribution in [1.29, 1.82) is 0 Å². The average molecular weight is 462 g/mol. The number of aryl methyl sites for hydroxylation is 1. The van der Waals surface area contributed by atoms with E-state index in [9.17, 15) is 9.90 Å². The summed E-state index contributed by atoms with van der Waals surface area (Å²) < 4.78 is 11.9.